The van der Waals surface area contributed by atoms with Crippen LogP contribution in [0, 0.1) is 10.2 Å². The number of hydrogen-bond acceptors (Lipinski definition) is 2. The molecule has 1 unspecified atom stereocenters. The summed E-state index contributed by atoms with van der Waals surface area (Å²) in [6.07, 6.45) is 0. The predicted octanol–water partition coefficient (Wildman–Crippen LogP) is 3.82. The maximum absolute atomic E-state index is 13.3. The van der Waals surface area contributed by atoms with Gasteiger partial charge in [0.25, 0.3) is 0 Å². The topological polar surface area (TPSA) is 45.8 Å². The summed E-state index contributed by atoms with van der Waals surface area (Å²) >= 11 is -0.210. The Kier molecular flexibility index (Phi) is 3.16. The van der Waals surface area contributed by atoms with Crippen LogP contribution in [0.1, 0.15) is 17.3 Å². The van der Waals surface area contributed by atoms with Crippen LogP contribution < -0.4 is 0 Å². The van der Waals surface area contributed by atoms with Gasteiger partial charge in [0, 0.05) is 0 Å². The number of carbonyl (C=O) groups excluding carboxylic acids is 1. The minimum absolute atomic E-state index is 0.0736. The number of benzene rings is 2. The zero-order valence-electron chi connectivity index (χ0n) is 12.6. The van der Waals surface area contributed by atoms with Crippen LogP contribution in [-0.4, -0.2) is 25.4 Å². The van der Waals surface area contributed by atoms with Gasteiger partial charge < -0.3 is 0 Å². The Hall–Kier alpha value is -2.34. The molecular formula is C19H14N2OSe. The average molecular weight is 365 g/mol. The van der Waals surface area contributed by atoms with Gasteiger partial charge in [0.2, 0.25) is 0 Å². The van der Waals surface area contributed by atoms with E-state index in [0.717, 1.165) is 27.7 Å². The number of nitriles is 1. The molecular weight excluding hydrogens is 351 g/mol. The van der Waals surface area contributed by atoms with Crippen molar-refractivity contribution in [3.63, 3.8) is 0 Å². The third-order valence-corrected chi connectivity index (χ3v) is 6.39. The van der Waals surface area contributed by atoms with Crippen molar-refractivity contribution in [3.05, 3.63) is 60.2 Å². The molecule has 1 aromatic heterocycles. The van der Waals surface area contributed by atoms with Crippen LogP contribution in [0.2, 0.25) is 5.32 Å². The van der Waals surface area contributed by atoms with Gasteiger partial charge in [0.15, 0.2) is 0 Å². The van der Waals surface area contributed by atoms with Gasteiger partial charge in [0.1, 0.15) is 0 Å². The molecule has 0 N–H and O–H groups in total. The van der Waals surface area contributed by atoms with Gasteiger partial charge in [-0.05, 0) is 0 Å². The molecule has 4 heteroatoms. The summed E-state index contributed by atoms with van der Waals surface area (Å²) in [6, 6.07) is 18.1. The van der Waals surface area contributed by atoms with Crippen LogP contribution in [0.15, 0.2) is 54.6 Å². The molecule has 0 amide bonds. The average Bonchev–Trinajstić information content (AvgIpc) is 2.98. The normalized spacial score (nSPS) is 19.2. The van der Waals surface area contributed by atoms with Crippen molar-refractivity contribution in [2.75, 3.05) is 0 Å². The van der Waals surface area contributed by atoms with E-state index in [9.17, 15) is 4.79 Å². The van der Waals surface area contributed by atoms with E-state index in [1.165, 1.54) is 0 Å². The summed E-state index contributed by atoms with van der Waals surface area (Å²) in [5.74, 6) is 0.0736. The second kappa shape index (κ2) is 5.09. The van der Waals surface area contributed by atoms with Crippen LogP contribution in [0.3, 0.4) is 0 Å². The van der Waals surface area contributed by atoms with Gasteiger partial charge in [-0.15, -0.1) is 0 Å². The van der Waals surface area contributed by atoms with Crippen molar-refractivity contribution in [2.24, 2.45) is 0 Å². The SMILES string of the molecule is CC1(C[Se]C#N)C(=O)n2c(cc3ccccc32)-c2ccccc21. The van der Waals surface area contributed by atoms with Gasteiger partial charge in [-0.3, -0.25) is 0 Å². The first-order valence-corrected chi connectivity index (χ1v) is 9.49. The molecule has 2 aromatic carbocycles. The van der Waals surface area contributed by atoms with E-state index < -0.39 is 5.41 Å². The first kappa shape index (κ1) is 14.3. The van der Waals surface area contributed by atoms with E-state index in [1.54, 1.807) is 0 Å². The Balaban J connectivity index is 2.07. The minimum atomic E-state index is -0.638. The predicted molar refractivity (Wildman–Crippen MR) is 91.5 cm³/mol. The third-order valence-electron chi connectivity index (χ3n) is 4.61. The number of rotatable bonds is 2. The fraction of sp³-hybridized carbons (Fsp3) is 0.158. The number of fused-ring (bicyclic) bond motifs is 5. The molecule has 0 spiro atoms. The zero-order chi connectivity index (χ0) is 16.0. The summed E-state index contributed by atoms with van der Waals surface area (Å²) in [5.41, 5.74) is 3.39. The van der Waals surface area contributed by atoms with E-state index >= 15 is 0 Å². The van der Waals surface area contributed by atoms with E-state index in [1.807, 2.05) is 54.0 Å². The molecule has 0 aliphatic carbocycles. The summed E-state index contributed by atoms with van der Waals surface area (Å²) < 4.78 is 1.84. The molecule has 0 radical (unpaired) electrons. The number of carbonyl (C=O) groups is 1. The fourth-order valence-corrected chi connectivity index (χ4v) is 4.76. The Morgan fingerprint density at radius 2 is 1.91 bits per heavy atom. The van der Waals surface area contributed by atoms with Crippen LogP contribution in [0.25, 0.3) is 22.2 Å². The van der Waals surface area contributed by atoms with Crippen molar-refractivity contribution in [1.82, 2.24) is 4.57 Å². The first-order valence-electron chi connectivity index (χ1n) is 7.43. The van der Waals surface area contributed by atoms with E-state index in [4.69, 9.17) is 5.26 Å². The van der Waals surface area contributed by atoms with Gasteiger partial charge in [-0.25, -0.2) is 0 Å². The van der Waals surface area contributed by atoms with Crippen molar-refractivity contribution in [1.29, 1.82) is 5.26 Å². The Bertz CT molecular complexity index is 982. The third kappa shape index (κ3) is 1.91. The second-order valence-electron chi connectivity index (χ2n) is 5.99. The Morgan fingerprint density at radius 3 is 2.74 bits per heavy atom. The molecule has 0 fully saturated rings. The molecule has 1 aliphatic heterocycles. The quantitative estimate of drug-likeness (QED) is 0.648. The molecule has 3 nitrogen and oxygen atoms in total. The number of hydrogen-bond donors (Lipinski definition) is 0. The van der Waals surface area contributed by atoms with Crippen molar-refractivity contribution in [2.45, 2.75) is 17.7 Å². The summed E-state index contributed by atoms with van der Waals surface area (Å²) in [6.45, 7) is 1.98. The molecule has 2 heterocycles. The summed E-state index contributed by atoms with van der Waals surface area (Å²) in [5, 5.41) is 10.7. The van der Waals surface area contributed by atoms with Crippen LogP contribution in [-0.2, 0) is 5.41 Å². The molecule has 0 saturated heterocycles. The number of nitrogens with zero attached hydrogens (tertiary/aromatic N) is 2. The van der Waals surface area contributed by atoms with E-state index in [0.29, 0.717) is 5.32 Å². The summed E-state index contributed by atoms with van der Waals surface area (Å²) in [7, 11) is 0. The fourth-order valence-electron chi connectivity index (χ4n) is 3.44. The molecule has 0 saturated carbocycles. The van der Waals surface area contributed by atoms with Gasteiger partial charge in [-0.2, -0.15) is 0 Å². The van der Waals surface area contributed by atoms with Crippen LogP contribution in [0.4, 0.5) is 0 Å². The molecule has 1 aliphatic rings. The zero-order valence-corrected chi connectivity index (χ0v) is 14.3. The summed E-state index contributed by atoms with van der Waals surface area (Å²) in [4.78, 5) is 15.6. The second-order valence-corrected chi connectivity index (χ2v) is 7.58. The van der Waals surface area contributed by atoms with Crippen LogP contribution >= 0.6 is 0 Å². The molecule has 1 atom stereocenters. The van der Waals surface area contributed by atoms with Gasteiger partial charge in [-0.1, -0.05) is 0 Å². The van der Waals surface area contributed by atoms with Gasteiger partial charge in [0.05, 0.1) is 0 Å². The molecule has 3 aromatic rings. The van der Waals surface area contributed by atoms with E-state index in [-0.39, 0.29) is 20.9 Å². The van der Waals surface area contributed by atoms with Crippen molar-refractivity contribution in [3.8, 4) is 16.2 Å². The number of para-hydroxylation sites is 1. The van der Waals surface area contributed by atoms with Gasteiger partial charge >= 0.3 is 140 Å². The maximum atomic E-state index is 13.3. The molecule has 0 bridgehead atoms. The first-order chi connectivity index (χ1) is 11.2. The van der Waals surface area contributed by atoms with Crippen molar-refractivity contribution < 1.29 is 4.79 Å². The standard InChI is InChI=1S/C19H14N2OSe/c1-19(11-23-12-20)15-8-4-3-7-14(15)17-10-13-6-2-5-9-16(13)21(17)18(19)22/h2-10H,11H2,1H3. The molecule has 112 valence electrons. The Morgan fingerprint density at radius 1 is 1.17 bits per heavy atom. The van der Waals surface area contributed by atoms with Crippen LogP contribution in [0.5, 0.6) is 0 Å². The Labute approximate surface area is 140 Å². The number of aromatic nitrogens is 1. The molecule has 23 heavy (non-hydrogen) atoms. The monoisotopic (exact) mass is 366 g/mol. The van der Waals surface area contributed by atoms with E-state index in [2.05, 4.69) is 17.1 Å². The molecule has 4 rings (SSSR count). The van der Waals surface area contributed by atoms with Crippen molar-refractivity contribution >= 4 is 31.8 Å².